The summed E-state index contributed by atoms with van der Waals surface area (Å²) in [4.78, 5) is 0. The van der Waals surface area contributed by atoms with E-state index in [1.807, 2.05) is 14.1 Å². The zero-order chi connectivity index (χ0) is 28.0. The smallest absolute Gasteiger partial charge is 0.0466 e. The summed E-state index contributed by atoms with van der Waals surface area (Å²) in [5.74, 6) is 0. The van der Waals surface area contributed by atoms with Crippen molar-refractivity contribution in [1.82, 2.24) is 5.32 Å². The van der Waals surface area contributed by atoms with Crippen LogP contribution in [0.25, 0.3) is 0 Å². The lowest BCUT2D eigenvalue weighted by Crippen LogP contribution is -1.97. The van der Waals surface area contributed by atoms with Crippen LogP contribution in [0.3, 0.4) is 0 Å². The van der Waals surface area contributed by atoms with Crippen LogP contribution in [0.1, 0.15) is 206 Å². The van der Waals surface area contributed by atoms with E-state index in [-0.39, 0.29) is 0 Å². The van der Waals surface area contributed by atoms with Gasteiger partial charge >= 0.3 is 0 Å². The van der Waals surface area contributed by atoms with Crippen LogP contribution < -0.4 is 5.32 Å². The highest BCUT2D eigenvalue weighted by Gasteiger charge is 1.97. The van der Waals surface area contributed by atoms with Gasteiger partial charge in [-0.1, -0.05) is 194 Å². The van der Waals surface area contributed by atoms with Gasteiger partial charge in [-0.15, -0.1) is 0 Å². The van der Waals surface area contributed by atoms with Crippen LogP contribution in [-0.4, -0.2) is 27.3 Å². The molecule has 0 unspecified atom stereocenters. The molecule has 0 fully saturated rings. The first-order chi connectivity index (χ1) is 18.8. The summed E-state index contributed by atoms with van der Waals surface area (Å²) in [5.41, 5.74) is 0. The van der Waals surface area contributed by atoms with Crippen LogP contribution in [-0.2, 0) is 4.74 Å². The largest absolute Gasteiger partial charge is 0.381 e. The zero-order valence-electron chi connectivity index (χ0n) is 27.5. The topological polar surface area (TPSA) is 21.3 Å². The average Bonchev–Trinajstić information content (AvgIpc) is 2.92. The van der Waals surface area contributed by atoms with Crippen molar-refractivity contribution in [3.05, 3.63) is 0 Å². The van der Waals surface area contributed by atoms with Gasteiger partial charge in [0.1, 0.15) is 0 Å². The Bertz CT molecular complexity index is 327. The van der Waals surface area contributed by atoms with E-state index in [9.17, 15) is 0 Å². The molecule has 0 radical (unpaired) electrons. The summed E-state index contributed by atoms with van der Waals surface area (Å²) in [7, 11) is 3.75. The van der Waals surface area contributed by atoms with Gasteiger partial charge in [-0.3, -0.25) is 0 Å². The summed E-state index contributed by atoms with van der Waals surface area (Å²) in [6.45, 7) is 6.60. The van der Waals surface area contributed by atoms with E-state index in [0.29, 0.717) is 0 Å². The van der Waals surface area contributed by atoms with E-state index in [4.69, 9.17) is 4.74 Å². The molecule has 0 aromatic heterocycles. The third-order valence-corrected chi connectivity index (χ3v) is 7.78. The van der Waals surface area contributed by atoms with Crippen molar-refractivity contribution in [2.75, 3.05) is 27.3 Å². The molecule has 0 saturated heterocycles. The first-order valence-corrected chi connectivity index (χ1v) is 18.0. The maximum atomic E-state index is 5.86. The molecule has 0 aromatic carbocycles. The molecule has 232 valence electrons. The molecule has 2 nitrogen and oxygen atoms in total. The van der Waals surface area contributed by atoms with E-state index in [2.05, 4.69) is 19.2 Å². The van der Waals surface area contributed by atoms with Gasteiger partial charge in [0.15, 0.2) is 0 Å². The Morgan fingerprint density at radius 1 is 0.289 bits per heavy atom. The molecule has 0 aliphatic rings. The van der Waals surface area contributed by atoms with E-state index < -0.39 is 0 Å². The molecule has 0 bridgehead atoms. The van der Waals surface area contributed by atoms with Crippen LogP contribution in [0, 0.1) is 0 Å². The van der Waals surface area contributed by atoms with Gasteiger partial charge in [-0.2, -0.15) is 0 Å². The van der Waals surface area contributed by atoms with Crippen molar-refractivity contribution in [2.24, 2.45) is 0 Å². The normalized spacial score (nSPS) is 11.1. The van der Waals surface area contributed by atoms with Crippen molar-refractivity contribution in [3.63, 3.8) is 0 Å². The first-order valence-electron chi connectivity index (χ1n) is 18.0. The van der Waals surface area contributed by atoms with Crippen LogP contribution in [0.2, 0.25) is 0 Å². The van der Waals surface area contributed by atoms with E-state index in [0.717, 1.165) is 13.2 Å². The van der Waals surface area contributed by atoms with Gasteiger partial charge in [0.25, 0.3) is 0 Å². The van der Waals surface area contributed by atoms with E-state index in [1.165, 1.54) is 193 Å². The average molecular weight is 540 g/mol. The predicted octanol–water partition coefficient (Wildman–Crippen LogP) is 12.6. The number of hydrogen-bond donors (Lipinski definition) is 1. The second kappa shape index (κ2) is 41.4. The maximum Gasteiger partial charge on any atom is 0.0466 e. The molecule has 38 heavy (non-hydrogen) atoms. The molecule has 0 heterocycles. The molecular formula is C36H77NO. The second-order valence-electron chi connectivity index (χ2n) is 12.0. The summed E-state index contributed by atoms with van der Waals surface area (Å²) in [5, 5.41) is 2.75. The first kappa shape index (κ1) is 40.1. The van der Waals surface area contributed by atoms with Crippen molar-refractivity contribution < 1.29 is 4.74 Å². The number of hydrogen-bond acceptors (Lipinski definition) is 2. The van der Waals surface area contributed by atoms with Crippen LogP contribution in [0.5, 0.6) is 0 Å². The van der Waals surface area contributed by atoms with Gasteiger partial charge < -0.3 is 10.1 Å². The van der Waals surface area contributed by atoms with Crippen molar-refractivity contribution in [1.29, 1.82) is 0 Å². The minimum absolute atomic E-state index is 0.997. The summed E-state index contributed by atoms with van der Waals surface area (Å²) < 4.78 is 5.86. The Balaban J connectivity index is 0. The zero-order valence-corrected chi connectivity index (χ0v) is 27.5. The summed E-state index contributed by atoms with van der Waals surface area (Å²) in [6, 6.07) is 0. The number of unbranched alkanes of at least 4 members (excludes halogenated alkanes) is 28. The second-order valence-corrected chi connectivity index (χ2v) is 12.0. The van der Waals surface area contributed by atoms with Gasteiger partial charge in [0.2, 0.25) is 0 Å². The molecule has 1 N–H and O–H groups in total. The van der Waals surface area contributed by atoms with E-state index >= 15 is 0 Å². The highest BCUT2D eigenvalue weighted by molar-refractivity contribution is 4.51. The Labute approximate surface area is 243 Å². The number of nitrogens with one attached hydrogen (secondary N) is 1. The van der Waals surface area contributed by atoms with Crippen LogP contribution >= 0.6 is 0 Å². The molecular weight excluding hydrogens is 462 g/mol. The molecule has 0 aliphatic heterocycles. The quantitative estimate of drug-likeness (QED) is 0.0858. The number of ether oxygens (including phenoxy) is 1. The Hall–Kier alpha value is -0.0800. The summed E-state index contributed by atoms with van der Waals surface area (Å²) in [6.07, 6.45) is 43.0. The molecule has 0 spiro atoms. The van der Waals surface area contributed by atoms with Crippen molar-refractivity contribution in [2.45, 2.75) is 206 Å². The highest BCUT2D eigenvalue weighted by atomic mass is 16.5. The van der Waals surface area contributed by atoms with Gasteiger partial charge in [0.05, 0.1) is 0 Å². The third kappa shape index (κ3) is 43.0. The van der Waals surface area contributed by atoms with Gasteiger partial charge in [0, 0.05) is 13.2 Å². The Kier molecular flexibility index (Phi) is 43.6. The lowest BCUT2D eigenvalue weighted by molar-refractivity contribution is 0.125. The maximum absolute atomic E-state index is 5.86. The highest BCUT2D eigenvalue weighted by Crippen LogP contribution is 2.15. The minimum atomic E-state index is 0.997. The Morgan fingerprint density at radius 3 is 0.632 bits per heavy atom. The summed E-state index contributed by atoms with van der Waals surface area (Å²) >= 11 is 0. The van der Waals surface area contributed by atoms with Gasteiger partial charge in [-0.05, 0) is 26.9 Å². The standard InChI is InChI=1S/C34H70O.C2H7N/c1-3-5-7-9-11-13-15-17-19-21-23-25-27-29-31-33-35-34-32-30-28-26-24-22-20-18-16-14-12-10-8-6-4-2;1-3-2/h3-34H2,1-2H3;3H,1-2H3. The van der Waals surface area contributed by atoms with Gasteiger partial charge in [-0.25, -0.2) is 0 Å². The van der Waals surface area contributed by atoms with Crippen molar-refractivity contribution in [3.8, 4) is 0 Å². The fraction of sp³-hybridized carbons (Fsp3) is 1.00. The third-order valence-electron chi connectivity index (χ3n) is 7.78. The fourth-order valence-corrected chi connectivity index (χ4v) is 5.25. The molecule has 0 atom stereocenters. The molecule has 0 aliphatic carbocycles. The minimum Gasteiger partial charge on any atom is -0.381 e. The van der Waals surface area contributed by atoms with E-state index in [1.54, 1.807) is 0 Å². The lowest BCUT2D eigenvalue weighted by atomic mass is 10.0. The molecule has 2 heteroatoms. The monoisotopic (exact) mass is 540 g/mol. The molecule has 0 aromatic rings. The SMILES string of the molecule is CCCCCCCCCCCCCCCCCOCCCCCCCCCCCCCCCCC.CNC. The fourth-order valence-electron chi connectivity index (χ4n) is 5.25. The predicted molar refractivity (Wildman–Crippen MR) is 176 cm³/mol. The molecule has 0 rings (SSSR count). The molecule has 0 amide bonds. The van der Waals surface area contributed by atoms with Crippen molar-refractivity contribution >= 4 is 0 Å². The number of rotatable bonds is 32. The van der Waals surface area contributed by atoms with Crippen LogP contribution in [0.15, 0.2) is 0 Å². The lowest BCUT2D eigenvalue weighted by Gasteiger charge is -2.05. The Morgan fingerprint density at radius 2 is 0.447 bits per heavy atom. The van der Waals surface area contributed by atoms with Crippen LogP contribution in [0.4, 0.5) is 0 Å². The molecule has 0 saturated carbocycles.